The van der Waals surface area contributed by atoms with Crippen LogP contribution in [-0.2, 0) is 13.2 Å². The number of nitrogens with zero attached hydrogens (tertiary/aromatic N) is 4. The third kappa shape index (κ3) is 2.41. The van der Waals surface area contributed by atoms with E-state index in [1.54, 1.807) is 13.2 Å². The Bertz CT molecular complexity index is 561. The van der Waals surface area contributed by atoms with Crippen LogP contribution in [0.25, 0.3) is 11.3 Å². The molecule has 0 saturated carbocycles. The molecule has 0 amide bonds. The fourth-order valence-corrected chi connectivity index (χ4v) is 1.40. The highest BCUT2D eigenvalue weighted by atomic mass is 19.4. The molecule has 0 aliphatic heterocycles. The van der Waals surface area contributed by atoms with Crippen molar-refractivity contribution in [2.24, 2.45) is 7.05 Å². The molecule has 0 radical (unpaired) electrons. The van der Waals surface area contributed by atoms with Crippen LogP contribution in [0.1, 0.15) is 5.82 Å². The number of hydrogen-bond acceptors (Lipinski definition) is 4. The molecule has 2 heterocycles. The predicted molar refractivity (Wildman–Crippen MR) is 58.8 cm³/mol. The van der Waals surface area contributed by atoms with Gasteiger partial charge in [-0.15, -0.1) is 0 Å². The highest BCUT2D eigenvalue weighted by Gasteiger charge is 2.35. The normalized spacial score (nSPS) is 11.6. The van der Waals surface area contributed by atoms with Crippen LogP contribution in [0.4, 0.5) is 19.0 Å². The first-order chi connectivity index (χ1) is 8.40. The highest BCUT2D eigenvalue weighted by molar-refractivity contribution is 5.60. The first-order valence-electron chi connectivity index (χ1n) is 5.03. The Morgan fingerprint density at radius 1 is 1.28 bits per heavy atom. The average Bonchev–Trinajstić information content (AvgIpc) is 2.74. The van der Waals surface area contributed by atoms with Crippen LogP contribution < -0.4 is 5.32 Å². The molecule has 0 atom stereocenters. The van der Waals surface area contributed by atoms with E-state index in [0.717, 1.165) is 0 Å². The van der Waals surface area contributed by atoms with Gasteiger partial charge in [-0.1, -0.05) is 0 Å². The molecular formula is C10H10F3N5. The Kier molecular flexibility index (Phi) is 2.93. The van der Waals surface area contributed by atoms with E-state index in [4.69, 9.17) is 0 Å². The summed E-state index contributed by atoms with van der Waals surface area (Å²) in [5.41, 5.74) is 0.677. The van der Waals surface area contributed by atoms with Gasteiger partial charge in [-0.3, -0.25) is 4.68 Å². The third-order valence-electron chi connectivity index (χ3n) is 2.24. The summed E-state index contributed by atoms with van der Waals surface area (Å²) < 4.78 is 39.4. The number of anilines is 1. The van der Waals surface area contributed by atoms with E-state index >= 15 is 0 Å². The third-order valence-corrected chi connectivity index (χ3v) is 2.24. The van der Waals surface area contributed by atoms with Gasteiger partial charge in [-0.2, -0.15) is 18.3 Å². The summed E-state index contributed by atoms with van der Waals surface area (Å²) in [6.07, 6.45) is -1.55. The summed E-state index contributed by atoms with van der Waals surface area (Å²) in [4.78, 5) is 6.89. The van der Waals surface area contributed by atoms with Gasteiger partial charge in [0.2, 0.25) is 5.82 Å². The van der Waals surface area contributed by atoms with Crippen LogP contribution in [0.3, 0.4) is 0 Å². The van der Waals surface area contributed by atoms with E-state index in [-0.39, 0.29) is 11.5 Å². The lowest BCUT2D eigenvalue weighted by molar-refractivity contribution is -0.144. The van der Waals surface area contributed by atoms with Gasteiger partial charge in [-0.05, 0) is 0 Å². The Labute approximate surface area is 101 Å². The molecule has 0 aromatic carbocycles. The molecular weight excluding hydrogens is 247 g/mol. The van der Waals surface area contributed by atoms with Crippen molar-refractivity contribution in [1.29, 1.82) is 0 Å². The number of halogens is 3. The van der Waals surface area contributed by atoms with E-state index in [1.807, 2.05) is 0 Å². The average molecular weight is 257 g/mol. The Hall–Kier alpha value is -2.12. The second kappa shape index (κ2) is 4.28. The number of nitrogens with one attached hydrogen (secondary N) is 1. The van der Waals surface area contributed by atoms with Gasteiger partial charge in [-0.25, -0.2) is 9.97 Å². The number of aromatic nitrogens is 4. The fraction of sp³-hybridized carbons (Fsp3) is 0.300. The van der Waals surface area contributed by atoms with Gasteiger partial charge in [0.1, 0.15) is 5.82 Å². The van der Waals surface area contributed by atoms with Gasteiger partial charge in [0.15, 0.2) is 0 Å². The first kappa shape index (κ1) is 12.3. The summed E-state index contributed by atoms with van der Waals surface area (Å²) in [5.74, 6) is -1.07. The summed E-state index contributed by atoms with van der Waals surface area (Å²) in [6, 6.07) is 1.44. The highest BCUT2D eigenvalue weighted by Crippen LogP contribution is 2.29. The predicted octanol–water partition coefficient (Wildman–Crippen LogP) is 1.94. The minimum Gasteiger partial charge on any atom is -0.373 e. The smallest absolute Gasteiger partial charge is 0.373 e. The topological polar surface area (TPSA) is 55.6 Å². The second-order valence-corrected chi connectivity index (χ2v) is 3.61. The van der Waals surface area contributed by atoms with E-state index in [1.165, 1.54) is 24.0 Å². The SMILES string of the molecule is CNc1cc(-c2cnn(C)c2)nc(C(F)(F)F)n1. The molecule has 96 valence electrons. The van der Waals surface area contributed by atoms with Crippen molar-refractivity contribution in [2.45, 2.75) is 6.18 Å². The Morgan fingerprint density at radius 2 is 2.00 bits per heavy atom. The lowest BCUT2D eigenvalue weighted by Gasteiger charge is -2.08. The van der Waals surface area contributed by atoms with Crippen LogP contribution >= 0.6 is 0 Å². The van der Waals surface area contributed by atoms with Crippen LogP contribution in [0.15, 0.2) is 18.5 Å². The van der Waals surface area contributed by atoms with Crippen molar-refractivity contribution in [3.8, 4) is 11.3 Å². The first-order valence-corrected chi connectivity index (χ1v) is 5.03. The number of aryl methyl sites for hydroxylation is 1. The van der Waals surface area contributed by atoms with Crippen molar-refractivity contribution in [1.82, 2.24) is 19.7 Å². The fourth-order valence-electron chi connectivity index (χ4n) is 1.40. The molecule has 0 bridgehead atoms. The molecule has 0 unspecified atom stereocenters. The molecule has 2 rings (SSSR count). The van der Waals surface area contributed by atoms with E-state index < -0.39 is 12.0 Å². The van der Waals surface area contributed by atoms with E-state index in [2.05, 4.69) is 20.4 Å². The zero-order valence-corrected chi connectivity index (χ0v) is 9.65. The maximum absolute atomic E-state index is 12.6. The monoisotopic (exact) mass is 257 g/mol. The van der Waals surface area contributed by atoms with Gasteiger partial charge in [0.25, 0.3) is 0 Å². The van der Waals surface area contributed by atoms with Crippen LogP contribution in [0.5, 0.6) is 0 Å². The zero-order chi connectivity index (χ0) is 13.3. The molecule has 0 aliphatic rings. The summed E-state index contributed by atoms with van der Waals surface area (Å²) in [5, 5.41) is 6.47. The lowest BCUT2D eigenvalue weighted by Crippen LogP contribution is -2.12. The van der Waals surface area contributed by atoms with Gasteiger partial charge in [0.05, 0.1) is 11.9 Å². The maximum Gasteiger partial charge on any atom is 0.451 e. The molecule has 1 N–H and O–H groups in total. The standard InChI is InChI=1S/C10H10F3N5/c1-14-8-3-7(6-4-15-18(2)5-6)16-9(17-8)10(11,12)13/h3-5H,1-2H3,(H,14,16,17). The molecule has 2 aromatic rings. The maximum atomic E-state index is 12.6. The quantitative estimate of drug-likeness (QED) is 0.893. The minimum atomic E-state index is -4.58. The molecule has 18 heavy (non-hydrogen) atoms. The largest absolute Gasteiger partial charge is 0.451 e. The number of hydrogen-bond donors (Lipinski definition) is 1. The molecule has 8 heteroatoms. The molecule has 0 fully saturated rings. The second-order valence-electron chi connectivity index (χ2n) is 3.61. The van der Waals surface area contributed by atoms with Crippen LogP contribution in [-0.4, -0.2) is 26.8 Å². The van der Waals surface area contributed by atoms with Gasteiger partial charge >= 0.3 is 6.18 Å². The summed E-state index contributed by atoms with van der Waals surface area (Å²) >= 11 is 0. The van der Waals surface area contributed by atoms with E-state index in [9.17, 15) is 13.2 Å². The van der Waals surface area contributed by atoms with Crippen LogP contribution in [0.2, 0.25) is 0 Å². The lowest BCUT2D eigenvalue weighted by atomic mass is 10.2. The zero-order valence-electron chi connectivity index (χ0n) is 9.65. The molecule has 5 nitrogen and oxygen atoms in total. The Morgan fingerprint density at radius 3 is 2.50 bits per heavy atom. The van der Waals surface area contributed by atoms with Crippen molar-refractivity contribution >= 4 is 5.82 Å². The van der Waals surface area contributed by atoms with E-state index in [0.29, 0.717) is 5.56 Å². The summed E-state index contributed by atoms with van der Waals surface area (Å²) in [7, 11) is 3.17. The Balaban J connectivity index is 2.54. The van der Waals surface area contributed by atoms with Crippen molar-refractivity contribution < 1.29 is 13.2 Å². The number of rotatable bonds is 2. The van der Waals surface area contributed by atoms with Crippen molar-refractivity contribution in [3.63, 3.8) is 0 Å². The molecule has 0 spiro atoms. The van der Waals surface area contributed by atoms with Gasteiger partial charge in [0, 0.05) is 31.9 Å². The van der Waals surface area contributed by atoms with Crippen molar-refractivity contribution in [3.05, 3.63) is 24.3 Å². The molecule has 0 saturated heterocycles. The van der Waals surface area contributed by atoms with Crippen LogP contribution in [0, 0.1) is 0 Å². The summed E-state index contributed by atoms with van der Waals surface area (Å²) in [6.45, 7) is 0. The van der Waals surface area contributed by atoms with Crippen molar-refractivity contribution in [2.75, 3.05) is 12.4 Å². The molecule has 0 aliphatic carbocycles. The molecule has 2 aromatic heterocycles. The van der Waals surface area contributed by atoms with Gasteiger partial charge < -0.3 is 5.32 Å². The number of alkyl halides is 3. The minimum absolute atomic E-state index is 0.108.